The van der Waals surface area contributed by atoms with Gasteiger partial charge in [-0.15, -0.1) is 0 Å². The molecule has 0 spiro atoms. The minimum absolute atomic E-state index is 0.528. The molecule has 0 atom stereocenters. The molecule has 0 aliphatic heterocycles. The molecule has 1 heterocycles. The van der Waals surface area contributed by atoms with E-state index < -0.39 is 0 Å². The lowest BCUT2D eigenvalue weighted by atomic mass is 10.3. The van der Waals surface area contributed by atoms with Gasteiger partial charge in [0.05, 0.1) is 12.0 Å². The molecule has 0 saturated heterocycles. The SMILES string of the molecule is NCCc1[nH]cnc1Cl. The third-order valence-electron chi connectivity index (χ3n) is 1.06. The Labute approximate surface area is 58.2 Å². The van der Waals surface area contributed by atoms with Crippen molar-refractivity contribution in [3.8, 4) is 0 Å². The normalized spacial score (nSPS) is 10.0. The van der Waals surface area contributed by atoms with E-state index in [0.717, 1.165) is 12.1 Å². The summed E-state index contributed by atoms with van der Waals surface area (Å²) in [6.45, 7) is 0.599. The van der Waals surface area contributed by atoms with Gasteiger partial charge in [-0.3, -0.25) is 0 Å². The van der Waals surface area contributed by atoms with E-state index in [2.05, 4.69) is 9.97 Å². The van der Waals surface area contributed by atoms with Crippen molar-refractivity contribution >= 4 is 11.6 Å². The van der Waals surface area contributed by atoms with Crippen LogP contribution in [0.1, 0.15) is 5.69 Å². The summed E-state index contributed by atoms with van der Waals surface area (Å²) in [7, 11) is 0. The molecular weight excluding hydrogens is 138 g/mol. The molecule has 3 N–H and O–H groups in total. The first-order valence-corrected chi connectivity index (χ1v) is 3.10. The molecule has 0 saturated carbocycles. The zero-order valence-electron chi connectivity index (χ0n) is 4.89. The molecule has 1 rings (SSSR count). The predicted octanol–water partition coefficient (Wildman–Crippen LogP) is 0.564. The van der Waals surface area contributed by atoms with Gasteiger partial charge in [0, 0.05) is 6.42 Å². The van der Waals surface area contributed by atoms with Gasteiger partial charge in [-0.05, 0) is 6.54 Å². The van der Waals surface area contributed by atoms with Crippen LogP contribution >= 0.6 is 11.6 Å². The molecule has 9 heavy (non-hydrogen) atoms. The van der Waals surface area contributed by atoms with Crippen LogP contribution in [-0.4, -0.2) is 16.5 Å². The van der Waals surface area contributed by atoms with Crippen molar-refractivity contribution in [2.24, 2.45) is 5.73 Å². The van der Waals surface area contributed by atoms with Crippen molar-refractivity contribution < 1.29 is 0 Å². The third-order valence-corrected chi connectivity index (χ3v) is 1.39. The van der Waals surface area contributed by atoms with Crippen LogP contribution in [0.5, 0.6) is 0 Å². The fraction of sp³-hybridized carbons (Fsp3) is 0.400. The zero-order chi connectivity index (χ0) is 6.69. The summed E-state index contributed by atoms with van der Waals surface area (Å²) in [5.74, 6) is 0. The Balaban J connectivity index is 2.69. The number of rotatable bonds is 2. The van der Waals surface area contributed by atoms with Gasteiger partial charge in [-0.1, -0.05) is 11.6 Å². The lowest BCUT2D eigenvalue weighted by Crippen LogP contribution is -2.02. The largest absolute Gasteiger partial charge is 0.347 e. The molecule has 0 aliphatic carbocycles. The number of aromatic nitrogens is 2. The van der Waals surface area contributed by atoms with E-state index in [1.807, 2.05) is 0 Å². The van der Waals surface area contributed by atoms with E-state index in [1.165, 1.54) is 0 Å². The van der Waals surface area contributed by atoms with Crippen LogP contribution in [0.2, 0.25) is 5.15 Å². The minimum Gasteiger partial charge on any atom is -0.347 e. The summed E-state index contributed by atoms with van der Waals surface area (Å²) >= 11 is 5.62. The summed E-state index contributed by atoms with van der Waals surface area (Å²) in [5.41, 5.74) is 6.20. The number of hydrogen-bond acceptors (Lipinski definition) is 2. The highest BCUT2D eigenvalue weighted by Crippen LogP contribution is 2.08. The fourth-order valence-corrected chi connectivity index (χ4v) is 0.822. The molecule has 0 unspecified atom stereocenters. The molecule has 0 fully saturated rings. The average Bonchev–Trinajstić information content (AvgIpc) is 2.18. The molecule has 1 aromatic heterocycles. The van der Waals surface area contributed by atoms with E-state index in [4.69, 9.17) is 17.3 Å². The smallest absolute Gasteiger partial charge is 0.150 e. The predicted molar refractivity (Wildman–Crippen MR) is 36.4 cm³/mol. The average molecular weight is 146 g/mol. The van der Waals surface area contributed by atoms with E-state index in [9.17, 15) is 0 Å². The van der Waals surface area contributed by atoms with Crippen LogP contribution in [-0.2, 0) is 6.42 Å². The van der Waals surface area contributed by atoms with Gasteiger partial charge < -0.3 is 10.7 Å². The first-order valence-electron chi connectivity index (χ1n) is 2.72. The maximum atomic E-state index is 5.62. The molecule has 0 amide bonds. The molecule has 3 nitrogen and oxygen atoms in total. The summed E-state index contributed by atoms with van der Waals surface area (Å²) in [4.78, 5) is 6.67. The van der Waals surface area contributed by atoms with Crippen LogP contribution in [0.4, 0.5) is 0 Å². The highest BCUT2D eigenvalue weighted by atomic mass is 35.5. The van der Waals surface area contributed by atoms with Crippen LogP contribution in [0, 0.1) is 0 Å². The second kappa shape index (κ2) is 2.85. The summed E-state index contributed by atoms with van der Waals surface area (Å²) in [5, 5.41) is 0.528. The molecule has 4 heteroatoms. The highest BCUT2D eigenvalue weighted by Gasteiger charge is 1.98. The molecular formula is C5H8ClN3. The summed E-state index contributed by atoms with van der Waals surface area (Å²) < 4.78 is 0. The monoisotopic (exact) mass is 145 g/mol. The van der Waals surface area contributed by atoms with Gasteiger partial charge in [0.15, 0.2) is 0 Å². The molecule has 0 bridgehead atoms. The number of nitrogens with two attached hydrogens (primary N) is 1. The lowest BCUT2D eigenvalue weighted by Gasteiger charge is -1.90. The molecule has 0 aliphatic rings. The van der Waals surface area contributed by atoms with Crippen molar-refractivity contribution in [3.63, 3.8) is 0 Å². The first kappa shape index (κ1) is 6.58. The third kappa shape index (κ3) is 1.43. The quantitative estimate of drug-likeness (QED) is 0.639. The Morgan fingerprint density at radius 2 is 2.56 bits per heavy atom. The molecule has 0 aromatic carbocycles. The van der Waals surface area contributed by atoms with Crippen LogP contribution in [0.3, 0.4) is 0 Å². The maximum absolute atomic E-state index is 5.62. The summed E-state index contributed by atoms with van der Waals surface area (Å²) in [6, 6.07) is 0. The van der Waals surface area contributed by atoms with Gasteiger partial charge >= 0.3 is 0 Å². The molecule has 0 radical (unpaired) electrons. The van der Waals surface area contributed by atoms with E-state index >= 15 is 0 Å². The Bertz CT molecular complexity index is 184. The number of hydrogen-bond donors (Lipinski definition) is 2. The Morgan fingerprint density at radius 3 is 3.00 bits per heavy atom. The van der Waals surface area contributed by atoms with E-state index in [0.29, 0.717) is 11.7 Å². The van der Waals surface area contributed by atoms with Crippen molar-refractivity contribution in [2.75, 3.05) is 6.54 Å². The number of nitrogens with one attached hydrogen (secondary N) is 1. The second-order valence-electron chi connectivity index (χ2n) is 1.71. The first-order chi connectivity index (χ1) is 4.34. The van der Waals surface area contributed by atoms with Gasteiger partial charge in [-0.2, -0.15) is 0 Å². The number of imidazole rings is 1. The van der Waals surface area contributed by atoms with Crippen molar-refractivity contribution in [1.29, 1.82) is 0 Å². The number of nitrogens with zero attached hydrogens (tertiary/aromatic N) is 1. The van der Waals surface area contributed by atoms with Gasteiger partial charge in [0.2, 0.25) is 0 Å². The summed E-state index contributed by atoms with van der Waals surface area (Å²) in [6.07, 6.45) is 2.33. The van der Waals surface area contributed by atoms with Gasteiger partial charge in [0.1, 0.15) is 5.15 Å². The van der Waals surface area contributed by atoms with E-state index in [1.54, 1.807) is 6.33 Å². The van der Waals surface area contributed by atoms with E-state index in [-0.39, 0.29) is 0 Å². The van der Waals surface area contributed by atoms with Gasteiger partial charge in [0.25, 0.3) is 0 Å². The van der Waals surface area contributed by atoms with Crippen molar-refractivity contribution in [3.05, 3.63) is 17.2 Å². The molecule has 50 valence electrons. The standard InChI is InChI=1S/C5H8ClN3/c6-5-4(1-2-7)8-3-9-5/h3H,1-2,7H2,(H,8,9). The second-order valence-corrected chi connectivity index (χ2v) is 2.07. The minimum atomic E-state index is 0.528. The maximum Gasteiger partial charge on any atom is 0.150 e. The fourth-order valence-electron chi connectivity index (χ4n) is 0.624. The topological polar surface area (TPSA) is 54.7 Å². The lowest BCUT2D eigenvalue weighted by molar-refractivity contribution is 0.935. The van der Waals surface area contributed by atoms with Crippen LogP contribution in [0.25, 0.3) is 0 Å². The molecule has 1 aromatic rings. The van der Waals surface area contributed by atoms with Crippen molar-refractivity contribution in [1.82, 2.24) is 9.97 Å². The van der Waals surface area contributed by atoms with Crippen LogP contribution in [0.15, 0.2) is 6.33 Å². The zero-order valence-corrected chi connectivity index (χ0v) is 5.65. The Hall–Kier alpha value is -0.540. The highest BCUT2D eigenvalue weighted by molar-refractivity contribution is 6.30. The van der Waals surface area contributed by atoms with Crippen LogP contribution < -0.4 is 5.73 Å². The van der Waals surface area contributed by atoms with Crippen molar-refractivity contribution in [2.45, 2.75) is 6.42 Å². The number of aromatic amines is 1. The number of halogens is 1. The Morgan fingerprint density at radius 1 is 1.78 bits per heavy atom. The Kier molecular flexibility index (Phi) is 2.08. The van der Waals surface area contributed by atoms with Gasteiger partial charge in [-0.25, -0.2) is 4.98 Å². The number of H-pyrrole nitrogens is 1.